The van der Waals surface area contributed by atoms with Crippen molar-refractivity contribution >= 4 is 9.68 Å². The van der Waals surface area contributed by atoms with E-state index in [0.717, 1.165) is 0 Å². The molecule has 0 atom stereocenters. The largest absolute Gasteiger partial charge is 0.345 e. The molecule has 62 valence electrons. The summed E-state index contributed by atoms with van der Waals surface area (Å²) in [5, 5.41) is 0. The lowest BCUT2D eigenvalue weighted by Gasteiger charge is -2.17. The van der Waals surface area contributed by atoms with Gasteiger partial charge in [-0.15, -0.1) is 0 Å². The number of hydrogen-bond donors (Lipinski definition) is 1. The molecule has 2 heteroatoms. The van der Waals surface area contributed by atoms with Gasteiger partial charge < -0.3 is 4.98 Å². The number of rotatable bonds is 4. The Balaban J connectivity index is 3.04. The monoisotopic (exact) mass is 159 g/mol. The van der Waals surface area contributed by atoms with Crippen molar-refractivity contribution in [3.05, 3.63) is 0 Å². The summed E-state index contributed by atoms with van der Waals surface area (Å²) in [6.07, 6.45) is 2.79. The summed E-state index contributed by atoms with van der Waals surface area (Å²) in [6, 6.07) is 1.45. The van der Waals surface area contributed by atoms with Gasteiger partial charge in [0, 0.05) is 0 Å². The lowest BCUT2D eigenvalue weighted by Crippen LogP contribution is -2.13. The quantitative estimate of drug-likeness (QED) is 0.484. The molecule has 1 N–H and O–H groups in total. The fraction of sp³-hybridized carbons (Fsp3) is 1.00. The molecule has 0 unspecified atom stereocenters. The molecular formula is C8H21NSi. The predicted octanol–water partition coefficient (Wildman–Crippen LogP) is 1.53. The van der Waals surface area contributed by atoms with E-state index >= 15 is 0 Å². The highest BCUT2D eigenvalue weighted by Gasteiger charge is 2.08. The van der Waals surface area contributed by atoms with Gasteiger partial charge in [0.05, 0.1) is 9.68 Å². The van der Waals surface area contributed by atoms with Crippen LogP contribution in [-0.4, -0.2) is 16.7 Å². The van der Waals surface area contributed by atoms with Gasteiger partial charge in [0.2, 0.25) is 0 Å². The SMILES string of the molecule is CN[SiH2]CCCC(C)(C)C. The smallest absolute Gasteiger partial charge is 0.0913 e. The number of hydrogen-bond acceptors (Lipinski definition) is 1. The van der Waals surface area contributed by atoms with Crippen LogP contribution < -0.4 is 4.98 Å². The van der Waals surface area contributed by atoms with Crippen molar-refractivity contribution in [2.75, 3.05) is 7.05 Å². The van der Waals surface area contributed by atoms with E-state index < -0.39 is 0 Å². The normalized spacial score (nSPS) is 13.2. The average molecular weight is 159 g/mol. The number of nitrogens with one attached hydrogen (secondary N) is 1. The third kappa shape index (κ3) is 8.18. The van der Waals surface area contributed by atoms with Gasteiger partial charge in [0.1, 0.15) is 0 Å². The van der Waals surface area contributed by atoms with Crippen LogP contribution in [0, 0.1) is 5.41 Å². The molecule has 0 amide bonds. The molecule has 10 heavy (non-hydrogen) atoms. The first-order valence-electron chi connectivity index (χ1n) is 4.21. The zero-order valence-corrected chi connectivity index (χ0v) is 9.24. The van der Waals surface area contributed by atoms with Gasteiger partial charge in [-0.25, -0.2) is 0 Å². The molecule has 0 bridgehead atoms. The first-order valence-corrected chi connectivity index (χ1v) is 5.91. The Bertz CT molecular complexity index is 75.8. The molecule has 0 saturated carbocycles. The minimum atomic E-state index is 0.103. The summed E-state index contributed by atoms with van der Waals surface area (Å²) in [7, 11) is 2.18. The molecule has 0 heterocycles. The molecule has 0 aliphatic carbocycles. The topological polar surface area (TPSA) is 12.0 Å². The third-order valence-corrected chi connectivity index (χ3v) is 2.96. The lowest BCUT2D eigenvalue weighted by atomic mass is 9.91. The van der Waals surface area contributed by atoms with Gasteiger partial charge in [-0.3, -0.25) is 0 Å². The van der Waals surface area contributed by atoms with E-state index in [2.05, 4.69) is 32.8 Å². The van der Waals surface area contributed by atoms with E-state index in [-0.39, 0.29) is 9.68 Å². The summed E-state index contributed by atoms with van der Waals surface area (Å²) < 4.78 is 0. The van der Waals surface area contributed by atoms with Crippen molar-refractivity contribution in [1.82, 2.24) is 4.98 Å². The summed E-state index contributed by atoms with van der Waals surface area (Å²) in [5.74, 6) is 0. The molecular weight excluding hydrogens is 138 g/mol. The van der Waals surface area contributed by atoms with Gasteiger partial charge in [-0.1, -0.05) is 27.2 Å². The first kappa shape index (κ1) is 10.2. The minimum absolute atomic E-state index is 0.103. The molecule has 0 aliphatic rings. The molecule has 0 radical (unpaired) electrons. The molecule has 1 nitrogen and oxygen atoms in total. The lowest BCUT2D eigenvalue weighted by molar-refractivity contribution is 0.373. The van der Waals surface area contributed by atoms with E-state index in [1.54, 1.807) is 0 Å². The maximum absolute atomic E-state index is 3.29. The van der Waals surface area contributed by atoms with E-state index in [9.17, 15) is 0 Å². The maximum atomic E-state index is 3.29. The van der Waals surface area contributed by atoms with Crippen molar-refractivity contribution in [2.45, 2.75) is 39.7 Å². The Hall–Kier alpha value is 0.177. The molecule has 0 aliphatic heterocycles. The second kappa shape index (κ2) is 4.91. The van der Waals surface area contributed by atoms with Crippen molar-refractivity contribution in [3.63, 3.8) is 0 Å². The second-order valence-corrected chi connectivity index (χ2v) is 6.04. The summed E-state index contributed by atoms with van der Waals surface area (Å²) in [5.41, 5.74) is 0.544. The second-order valence-electron chi connectivity index (χ2n) is 4.12. The highest BCUT2D eigenvalue weighted by atomic mass is 28.2. The van der Waals surface area contributed by atoms with Crippen LogP contribution in [-0.2, 0) is 0 Å². The van der Waals surface area contributed by atoms with Crippen LogP contribution in [0.1, 0.15) is 33.6 Å². The maximum Gasteiger partial charge on any atom is 0.0913 e. The predicted molar refractivity (Wildman–Crippen MR) is 51.1 cm³/mol. The third-order valence-electron chi connectivity index (χ3n) is 1.60. The molecule has 0 aromatic rings. The van der Waals surface area contributed by atoms with Crippen molar-refractivity contribution < 1.29 is 0 Å². The van der Waals surface area contributed by atoms with Gasteiger partial charge in [-0.05, 0) is 24.9 Å². The fourth-order valence-corrected chi connectivity index (χ4v) is 1.81. The summed E-state index contributed by atoms with van der Waals surface area (Å²) in [4.78, 5) is 3.29. The van der Waals surface area contributed by atoms with E-state index in [1.807, 2.05) is 0 Å². The summed E-state index contributed by atoms with van der Waals surface area (Å²) in [6.45, 7) is 6.94. The van der Waals surface area contributed by atoms with E-state index in [1.165, 1.54) is 18.9 Å². The van der Waals surface area contributed by atoms with Crippen LogP contribution in [0.5, 0.6) is 0 Å². The van der Waals surface area contributed by atoms with Crippen LogP contribution in [0.25, 0.3) is 0 Å². The van der Waals surface area contributed by atoms with Gasteiger partial charge in [0.25, 0.3) is 0 Å². The van der Waals surface area contributed by atoms with Gasteiger partial charge in [-0.2, -0.15) is 0 Å². The molecule has 0 rings (SSSR count). The zero-order valence-electron chi connectivity index (χ0n) is 7.83. The van der Waals surface area contributed by atoms with Crippen LogP contribution in [0.4, 0.5) is 0 Å². The van der Waals surface area contributed by atoms with Gasteiger partial charge in [0.15, 0.2) is 0 Å². The highest BCUT2D eigenvalue weighted by molar-refractivity contribution is 6.31. The molecule has 0 spiro atoms. The van der Waals surface area contributed by atoms with Crippen molar-refractivity contribution in [3.8, 4) is 0 Å². The van der Waals surface area contributed by atoms with Crippen LogP contribution in [0.15, 0.2) is 0 Å². The Morgan fingerprint density at radius 2 is 1.90 bits per heavy atom. The Kier molecular flexibility index (Phi) is 5.00. The Morgan fingerprint density at radius 1 is 1.30 bits per heavy atom. The minimum Gasteiger partial charge on any atom is -0.345 e. The Labute approximate surface area is 67.5 Å². The van der Waals surface area contributed by atoms with Crippen LogP contribution in [0.2, 0.25) is 6.04 Å². The highest BCUT2D eigenvalue weighted by Crippen LogP contribution is 2.21. The molecule has 0 saturated heterocycles. The molecule has 0 aromatic carbocycles. The van der Waals surface area contributed by atoms with E-state index in [0.29, 0.717) is 5.41 Å². The van der Waals surface area contributed by atoms with Crippen LogP contribution >= 0.6 is 0 Å². The Morgan fingerprint density at radius 3 is 2.30 bits per heavy atom. The zero-order chi connectivity index (χ0) is 8.04. The van der Waals surface area contributed by atoms with Gasteiger partial charge >= 0.3 is 0 Å². The standard InChI is InChI=1S/C8H21NSi/c1-8(2,3)6-5-7-10-9-4/h9H,5-7,10H2,1-4H3. The average Bonchev–Trinajstić information content (AvgIpc) is 1.78. The summed E-state index contributed by atoms with van der Waals surface area (Å²) >= 11 is 0. The molecule has 0 fully saturated rings. The van der Waals surface area contributed by atoms with E-state index in [4.69, 9.17) is 0 Å². The van der Waals surface area contributed by atoms with Crippen molar-refractivity contribution in [1.29, 1.82) is 0 Å². The molecule has 0 aromatic heterocycles. The first-order chi connectivity index (χ1) is 4.56. The fourth-order valence-electron chi connectivity index (χ4n) is 0.957. The van der Waals surface area contributed by atoms with Crippen LogP contribution in [0.3, 0.4) is 0 Å². The van der Waals surface area contributed by atoms with Crippen molar-refractivity contribution in [2.24, 2.45) is 5.41 Å².